The predicted octanol–water partition coefficient (Wildman–Crippen LogP) is 2.24. The first-order valence-electron chi connectivity index (χ1n) is 5.53. The van der Waals surface area contributed by atoms with E-state index in [0.29, 0.717) is 0 Å². The molecule has 3 N–H and O–H groups in total. The first kappa shape index (κ1) is 9.58. The molecular weight excluding hydrogens is 196 g/mol. The largest absolute Gasteiger partial charge is 0.271 e. The molecule has 0 aliphatic heterocycles. The first-order valence-corrected chi connectivity index (χ1v) is 5.53. The Hall–Kier alpha value is -1.64. The zero-order chi connectivity index (χ0) is 11.0. The normalized spacial score (nSPS) is 18.7. The molecule has 0 aromatic heterocycles. The van der Waals surface area contributed by atoms with Gasteiger partial charge in [-0.15, -0.1) is 0 Å². The van der Waals surface area contributed by atoms with Crippen LogP contribution in [0.3, 0.4) is 0 Å². The molecule has 0 spiro atoms. The molecule has 2 aromatic rings. The summed E-state index contributed by atoms with van der Waals surface area (Å²) in [5.74, 6) is 5.47. The molecule has 0 amide bonds. The minimum absolute atomic E-state index is 0.258. The third kappa shape index (κ3) is 1.43. The van der Waals surface area contributed by atoms with Crippen molar-refractivity contribution in [2.75, 3.05) is 0 Å². The summed E-state index contributed by atoms with van der Waals surface area (Å²) in [6.45, 7) is 0. The topological polar surface area (TPSA) is 38.0 Å². The Kier molecular flexibility index (Phi) is 2.24. The minimum atomic E-state index is 0.258. The van der Waals surface area contributed by atoms with E-state index < -0.39 is 0 Å². The fourth-order valence-corrected chi connectivity index (χ4v) is 2.35. The van der Waals surface area contributed by atoms with Gasteiger partial charge in [0.15, 0.2) is 0 Å². The molecule has 16 heavy (non-hydrogen) atoms. The van der Waals surface area contributed by atoms with Crippen LogP contribution in [-0.4, -0.2) is 6.04 Å². The van der Waals surface area contributed by atoms with Crippen LogP contribution in [0.25, 0.3) is 16.8 Å². The molecule has 0 radical (unpaired) electrons. The van der Waals surface area contributed by atoms with Crippen LogP contribution in [-0.2, 0) is 6.42 Å². The van der Waals surface area contributed by atoms with Crippen molar-refractivity contribution in [3.8, 4) is 0 Å². The van der Waals surface area contributed by atoms with Crippen LogP contribution in [0.4, 0.5) is 0 Å². The van der Waals surface area contributed by atoms with E-state index >= 15 is 0 Å². The minimum Gasteiger partial charge on any atom is -0.271 e. The highest BCUT2D eigenvalue weighted by Crippen LogP contribution is 2.27. The second-order valence-electron chi connectivity index (χ2n) is 4.20. The first-order chi connectivity index (χ1) is 7.88. The number of hydrogen-bond acceptors (Lipinski definition) is 2. The van der Waals surface area contributed by atoms with Gasteiger partial charge in [-0.1, -0.05) is 48.6 Å². The number of rotatable bonds is 1. The standard InChI is InChI=1S/C14H14N2/c15-16-12-7-8-14-11(9-12)6-5-10-3-1-2-4-13(10)14/h1-8,12,16H,9,15H2. The van der Waals surface area contributed by atoms with Gasteiger partial charge in [0.25, 0.3) is 0 Å². The molecule has 0 fully saturated rings. The van der Waals surface area contributed by atoms with Crippen molar-refractivity contribution in [2.45, 2.75) is 12.5 Å². The lowest BCUT2D eigenvalue weighted by molar-refractivity contribution is 0.614. The number of benzene rings is 2. The molecule has 0 heterocycles. The smallest absolute Gasteiger partial charge is 0.0434 e. The van der Waals surface area contributed by atoms with Crippen LogP contribution in [0.15, 0.2) is 42.5 Å². The van der Waals surface area contributed by atoms with Crippen LogP contribution >= 0.6 is 0 Å². The van der Waals surface area contributed by atoms with Crippen LogP contribution < -0.4 is 11.3 Å². The average Bonchev–Trinajstić information content (AvgIpc) is 2.38. The van der Waals surface area contributed by atoms with E-state index in [1.54, 1.807) is 0 Å². The van der Waals surface area contributed by atoms with Crippen molar-refractivity contribution in [3.63, 3.8) is 0 Å². The number of hydrazine groups is 1. The summed E-state index contributed by atoms with van der Waals surface area (Å²) in [5.41, 5.74) is 5.51. The van der Waals surface area contributed by atoms with Gasteiger partial charge in [0.2, 0.25) is 0 Å². The lowest BCUT2D eigenvalue weighted by Crippen LogP contribution is -2.36. The van der Waals surface area contributed by atoms with Gasteiger partial charge in [0, 0.05) is 6.04 Å². The quantitative estimate of drug-likeness (QED) is 0.559. The summed E-state index contributed by atoms with van der Waals surface area (Å²) in [6.07, 6.45) is 5.27. The van der Waals surface area contributed by atoms with E-state index in [9.17, 15) is 0 Å². The van der Waals surface area contributed by atoms with Crippen LogP contribution in [0, 0.1) is 0 Å². The van der Waals surface area contributed by atoms with Gasteiger partial charge in [-0.25, -0.2) is 0 Å². The van der Waals surface area contributed by atoms with E-state index in [2.05, 4.69) is 54.0 Å². The van der Waals surface area contributed by atoms with Crippen molar-refractivity contribution < 1.29 is 0 Å². The van der Waals surface area contributed by atoms with Crippen LogP contribution in [0.5, 0.6) is 0 Å². The SMILES string of the molecule is NNC1C=Cc2c(ccc3ccccc23)C1. The van der Waals surface area contributed by atoms with E-state index in [4.69, 9.17) is 5.84 Å². The van der Waals surface area contributed by atoms with Crippen molar-refractivity contribution in [1.29, 1.82) is 0 Å². The Balaban J connectivity index is 2.21. The van der Waals surface area contributed by atoms with Crippen molar-refractivity contribution in [2.24, 2.45) is 5.84 Å². The highest BCUT2D eigenvalue weighted by molar-refractivity contribution is 5.92. The molecule has 1 unspecified atom stereocenters. The fraction of sp³-hybridized carbons (Fsp3) is 0.143. The second-order valence-corrected chi connectivity index (χ2v) is 4.20. The molecule has 2 aromatic carbocycles. The van der Waals surface area contributed by atoms with E-state index in [1.807, 2.05) is 0 Å². The third-order valence-electron chi connectivity index (χ3n) is 3.21. The summed E-state index contributed by atoms with van der Waals surface area (Å²) in [4.78, 5) is 0. The molecule has 2 heteroatoms. The van der Waals surface area contributed by atoms with Crippen molar-refractivity contribution in [1.82, 2.24) is 5.43 Å². The Morgan fingerprint density at radius 1 is 1.12 bits per heavy atom. The molecule has 1 atom stereocenters. The number of fused-ring (bicyclic) bond motifs is 3. The van der Waals surface area contributed by atoms with E-state index in [1.165, 1.54) is 21.9 Å². The molecular formula is C14H14N2. The predicted molar refractivity (Wildman–Crippen MR) is 67.8 cm³/mol. The molecule has 0 bridgehead atoms. The Morgan fingerprint density at radius 3 is 2.88 bits per heavy atom. The third-order valence-corrected chi connectivity index (χ3v) is 3.21. The summed E-state index contributed by atoms with van der Waals surface area (Å²) < 4.78 is 0. The maximum absolute atomic E-state index is 5.47. The molecule has 0 saturated heterocycles. The maximum atomic E-state index is 5.47. The van der Waals surface area contributed by atoms with Gasteiger partial charge in [-0.05, 0) is 28.3 Å². The van der Waals surface area contributed by atoms with Gasteiger partial charge in [0.1, 0.15) is 0 Å². The molecule has 3 rings (SSSR count). The monoisotopic (exact) mass is 210 g/mol. The Bertz CT molecular complexity index is 558. The molecule has 2 nitrogen and oxygen atoms in total. The van der Waals surface area contributed by atoms with Gasteiger partial charge in [-0.2, -0.15) is 0 Å². The highest BCUT2D eigenvalue weighted by Gasteiger charge is 2.13. The zero-order valence-electron chi connectivity index (χ0n) is 8.98. The number of nitrogens with one attached hydrogen (secondary N) is 1. The van der Waals surface area contributed by atoms with Gasteiger partial charge in [0.05, 0.1) is 0 Å². The zero-order valence-corrected chi connectivity index (χ0v) is 8.98. The fourth-order valence-electron chi connectivity index (χ4n) is 2.35. The van der Waals surface area contributed by atoms with Crippen LogP contribution in [0.1, 0.15) is 11.1 Å². The molecule has 0 saturated carbocycles. The summed E-state index contributed by atoms with van der Waals surface area (Å²) >= 11 is 0. The lowest BCUT2D eigenvalue weighted by Gasteiger charge is -2.19. The molecule has 1 aliphatic carbocycles. The molecule has 80 valence electrons. The van der Waals surface area contributed by atoms with Crippen molar-refractivity contribution in [3.05, 3.63) is 53.6 Å². The van der Waals surface area contributed by atoms with E-state index in [-0.39, 0.29) is 6.04 Å². The highest BCUT2D eigenvalue weighted by atomic mass is 15.2. The summed E-state index contributed by atoms with van der Waals surface area (Å²) in [7, 11) is 0. The van der Waals surface area contributed by atoms with Crippen molar-refractivity contribution >= 4 is 16.8 Å². The molecule has 1 aliphatic rings. The Morgan fingerprint density at radius 2 is 2.00 bits per heavy atom. The van der Waals surface area contributed by atoms with Crippen LogP contribution in [0.2, 0.25) is 0 Å². The van der Waals surface area contributed by atoms with Gasteiger partial charge in [-0.3, -0.25) is 11.3 Å². The average molecular weight is 210 g/mol. The van der Waals surface area contributed by atoms with Gasteiger partial charge < -0.3 is 0 Å². The van der Waals surface area contributed by atoms with E-state index in [0.717, 1.165) is 6.42 Å². The second kappa shape index (κ2) is 3.74. The maximum Gasteiger partial charge on any atom is 0.0434 e. The lowest BCUT2D eigenvalue weighted by atomic mass is 9.90. The Labute approximate surface area is 94.7 Å². The number of hydrogen-bond donors (Lipinski definition) is 2. The summed E-state index contributed by atoms with van der Waals surface area (Å²) in [6, 6.07) is 13.1. The summed E-state index contributed by atoms with van der Waals surface area (Å²) in [5, 5.41) is 2.62. The number of nitrogens with two attached hydrogens (primary N) is 1. The van der Waals surface area contributed by atoms with Gasteiger partial charge >= 0.3 is 0 Å².